The number of ether oxygens (including phenoxy) is 1. The van der Waals surface area contributed by atoms with E-state index in [1.807, 2.05) is 41.8 Å². The van der Waals surface area contributed by atoms with Crippen LogP contribution in [-0.2, 0) is 4.79 Å². The normalized spacial score (nSPS) is 17.5. The van der Waals surface area contributed by atoms with Gasteiger partial charge in [0.2, 0.25) is 17.6 Å². The van der Waals surface area contributed by atoms with Crippen molar-refractivity contribution in [1.29, 1.82) is 0 Å². The lowest BCUT2D eigenvalue weighted by Crippen LogP contribution is -2.24. The lowest BCUT2D eigenvalue weighted by Gasteiger charge is -2.16. The number of hydrogen-bond acceptors (Lipinski definition) is 6. The van der Waals surface area contributed by atoms with E-state index in [1.165, 1.54) is 0 Å². The maximum Gasteiger partial charge on any atom is 0.232 e. The van der Waals surface area contributed by atoms with Crippen molar-refractivity contribution in [3.05, 3.63) is 47.7 Å². The number of nitrogens with zero attached hydrogens (tertiary/aromatic N) is 3. The van der Waals surface area contributed by atoms with Crippen LogP contribution in [0.15, 0.2) is 46.3 Å². The van der Waals surface area contributed by atoms with Crippen molar-refractivity contribution in [2.45, 2.75) is 12.3 Å². The van der Waals surface area contributed by atoms with E-state index in [0.717, 1.165) is 16.3 Å². The number of aromatic nitrogens is 2. The first kappa shape index (κ1) is 14.9. The summed E-state index contributed by atoms with van der Waals surface area (Å²) in [7, 11) is 1.61. The monoisotopic (exact) mass is 341 g/mol. The molecule has 1 unspecified atom stereocenters. The standard InChI is InChI=1S/C17H15N3O3S/c1-22-13-5-2-4-12(9-13)20-10-11(8-15(20)21)17-18-16(19-23-17)14-6-3-7-24-14/h2-7,9,11H,8,10H2,1H3. The fourth-order valence-corrected chi connectivity index (χ4v) is 3.46. The van der Waals surface area contributed by atoms with E-state index >= 15 is 0 Å². The number of carbonyl (C=O) groups excluding carboxylic acids is 1. The van der Waals surface area contributed by atoms with Crippen LogP contribution in [0.25, 0.3) is 10.7 Å². The molecule has 0 N–H and O–H groups in total. The zero-order valence-corrected chi connectivity index (χ0v) is 13.8. The molecular formula is C17H15N3O3S. The maximum atomic E-state index is 12.4. The molecule has 6 nitrogen and oxygen atoms in total. The highest BCUT2D eigenvalue weighted by Gasteiger charge is 2.35. The van der Waals surface area contributed by atoms with Gasteiger partial charge in [-0.3, -0.25) is 4.79 Å². The molecule has 24 heavy (non-hydrogen) atoms. The number of anilines is 1. The van der Waals surface area contributed by atoms with Gasteiger partial charge in [0.15, 0.2) is 0 Å². The number of methoxy groups -OCH3 is 1. The van der Waals surface area contributed by atoms with Crippen LogP contribution in [0.1, 0.15) is 18.2 Å². The number of carbonyl (C=O) groups is 1. The Kier molecular flexibility index (Phi) is 3.78. The van der Waals surface area contributed by atoms with Gasteiger partial charge in [0.05, 0.1) is 17.9 Å². The molecule has 122 valence electrons. The number of amides is 1. The summed E-state index contributed by atoms with van der Waals surface area (Å²) in [6.07, 6.45) is 0.364. The Hall–Kier alpha value is -2.67. The summed E-state index contributed by atoms with van der Waals surface area (Å²) < 4.78 is 10.6. The van der Waals surface area contributed by atoms with Crippen LogP contribution >= 0.6 is 11.3 Å². The number of thiophene rings is 1. The van der Waals surface area contributed by atoms with Gasteiger partial charge in [-0.2, -0.15) is 4.98 Å². The zero-order valence-electron chi connectivity index (χ0n) is 13.0. The molecule has 1 amide bonds. The molecule has 4 rings (SSSR count). The zero-order chi connectivity index (χ0) is 16.5. The topological polar surface area (TPSA) is 68.5 Å². The average Bonchev–Trinajstić information content (AvgIpc) is 3.34. The van der Waals surface area contributed by atoms with Crippen molar-refractivity contribution in [2.75, 3.05) is 18.6 Å². The SMILES string of the molecule is COc1cccc(N2CC(c3nc(-c4cccs4)no3)CC2=O)c1. The minimum absolute atomic E-state index is 0.0455. The van der Waals surface area contributed by atoms with E-state index < -0.39 is 0 Å². The summed E-state index contributed by atoms with van der Waals surface area (Å²) in [5.41, 5.74) is 0.819. The van der Waals surface area contributed by atoms with Crippen LogP contribution in [0.3, 0.4) is 0 Å². The second-order valence-electron chi connectivity index (χ2n) is 5.54. The van der Waals surface area contributed by atoms with Gasteiger partial charge in [-0.1, -0.05) is 17.3 Å². The first-order valence-electron chi connectivity index (χ1n) is 7.56. The Balaban J connectivity index is 1.55. The molecule has 7 heteroatoms. The largest absolute Gasteiger partial charge is 0.497 e. The summed E-state index contributed by atoms with van der Waals surface area (Å²) in [4.78, 5) is 19.5. The Labute approximate surface area is 142 Å². The van der Waals surface area contributed by atoms with Crippen molar-refractivity contribution in [2.24, 2.45) is 0 Å². The molecule has 0 saturated carbocycles. The van der Waals surface area contributed by atoms with Crippen molar-refractivity contribution < 1.29 is 14.1 Å². The molecule has 0 radical (unpaired) electrons. The van der Waals surface area contributed by atoms with Crippen LogP contribution in [0.2, 0.25) is 0 Å². The second kappa shape index (κ2) is 6.09. The highest BCUT2D eigenvalue weighted by atomic mass is 32.1. The molecule has 1 aromatic carbocycles. The molecule has 0 spiro atoms. The Morgan fingerprint density at radius 3 is 3.04 bits per heavy atom. The van der Waals surface area contributed by atoms with Gasteiger partial charge in [0.25, 0.3) is 0 Å². The van der Waals surface area contributed by atoms with Crippen molar-refractivity contribution in [3.63, 3.8) is 0 Å². The molecule has 1 fully saturated rings. The minimum Gasteiger partial charge on any atom is -0.497 e. The fourth-order valence-electron chi connectivity index (χ4n) is 2.81. The van der Waals surface area contributed by atoms with Crippen LogP contribution in [0, 0.1) is 0 Å². The molecule has 3 aromatic rings. The summed E-state index contributed by atoms with van der Waals surface area (Å²) in [6, 6.07) is 11.4. The maximum absolute atomic E-state index is 12.4. The first-order chi connectivity index (χ1) is 11.7. The summed E-state index contributed by atoms with van der Waals surface area (Å²) in [5.74, 6) is 1.76. The highest BCUT2D eigenvalue weighted by molar-refractivity contribution is 7.13. The fraction of sp³-hybridized carbons (Fsp3) is 0.235. The van der Waals surface area contributed by atoms with Gasteiger partial charge in [0.1, 0.15) is 5.75 Å². The van der Waals surface area contributed by atoms with Crippen molar-refractivity contribution in [3.8, 4) is 16.5 Å². The van der Waals surface area contributed by atoms with Crippen LogP contribution in [0.5, 0.6) is 5.75 Å². The second-order valence-corrected chi connectivity index (χ2v) is 6.49. The molecule has 1 aliphatic heterocycles. The van der Waals surface area contributed by atoms with Crippen LogP contribution < -0.4 is 9.64 Å². The molecule has 3 heterocycles. The van der Waals surface area contributed by atoms with Gasteiger partial charge in [-0.15, -0.1) is 11.3 Å². The van der Waals surface area contributed by atoms with E-state index in [-0.39, 0.29) is 11.8 Å². The molecular weight excluding hydrogens is 326 g/mol. The third-order valence-electron chi connectivity index (χ3n) is 4.02. The summed E-state index contributed by atoms with van der Waals surface area (Å²) >= 11 is 1.56. The molecule has 1 atom stereocenters. The van der Waals surface area contributed by atoms with Gasteiger partial charge < -0.3 is 14.2 Å². The third kappa shape index (κ3) is 2.67. The van der Waals surface area contributed by atoms with Crippen LogP contribution in [0.4, 0.5) is 5.69 Å². The van der Waals surface area contributed by atoms with E-state index in [0.29, 0.717) is 24.7 Å². The van der Waals surface area contributed by atoms with E-state index in [1.54, 1.807) is 23.3 Å². The Morgan fingerprint density at radius 1 is 1.33 bits per heavy atom. The Morgan fingerprint density at radius 2 is 2.25 bits per heavy atom. The lowest BCUT2D eigenvalue weighted by molar-refractivity contribution is -0.117. The van der Waals surface area contributed by atoms with E-state index in [2.05, 4.69) is 10.1 Å². The van der Waals surface area contributed by atoms with Crippen molar-refractivity contribution >= 4 is 22.9 Å². The third-order valence-corrected chi connectivity index (χ3v) is 4.89. The van der Waals surface area contributed by atoms with Gasteiger partial charge in [0, 0.05) is 24.7 Å². The molecule has 1 saturated heterocycles. The first-order valence-corrected chi connectivity index (χ1v) is 8.44. The molecule has 0 aliphatic carbocycles. The quantitative estimate of drug-likeness (QED) is 0.728. The molecule has 2 aromatic heterocycles. The molecule has 1 aliphatic rings. The smallest absolute Gasteiger partial charge is 0.232 e. The van der Waals surface area contributed by atoms with Crippen molar-refractivity contribution in [1.82, 2.24) is 10.1 Å². The van der Waals surface area contributed by atoms with E-state index in [4.69, 9.17) is 9.26 Å². The number of hydrogen-bond donors (Lipinski definition) is 0. The molecule has 0 bridgehead atoms. The van der Waals surface area contributed by atoms with Gasteiger partial charge >= 0.3 is 0 Å². The van der Waals surface area contributed by atoms with Gasteiger partial charge in [-0.05, 0) is 23.6 Å². The van der Waals surface area contributed by atoms with Crippen LogP contribution in [-0.4, -0.2) is 29.7 Å². The highest BCUT2D eigenvalue weighted by Crippen LogP contribution is 2.33. The summed E-state index contributed by atoms with van der Waals surface area (Å²) in [6.45, 7) is 0.526. The number of rotatable bonds is 4. The average molecular weight is 341 g/mol. The van der Waals surface area contributed by atoms with E-state index in [9.17, 15) is 4.79 Å². The summed E-state index contributed by atoms with van der Waals surface area (Å²) in [5, 5.41) is 6.00. The minimum atomic E-state index is -0.0927. The van der Waals surface area contributed by atoms with Gasteiger partial charge in [-0.25, -0.2) is 0 Å². The predicted molar refractivity (Wildman–Crippen MR) is 90.3 cm³/mol. The Bertz CT molecular complexity index is 860. The predicted octanol–water partition coefficient (Wildman–Crippen LogP) is 3.33. The number of benzene rings is 1. The lowest BCUT2D eigenvalue weighted by atomic mass is 10.1.